The number of thiazole rings is 1. The average molecular weight is 393 g/mol. The minimum absolute atomic E-state index is 0.0977. The number of thiophene rings is 1. The molecule has 2 aromatic heterocycles. The van der Waals surface area contributed by atoms with Crippen molar-refractivity contribution in [3.8, 4) is 10.6 Å². The summed E-state index contributed by atoms with van der Waals surface area (Å²) in [6, 6.07) is 8.27. The predicted molar refractivity (Wildman–Crippen MR) is 105 cm³/mol. The first-order chi connectivity index (χ1) is 12.1. The Morgan fingerprint density at radius 1 is 1.28 bits per heavy atom. The van der Waals surface area contributed by atoms with Crippen molar-refractivity contribution in [1.29, 1.82) is 0 Å². The molecule has 3 aromatic rings. The van der Waals surface area contributed by atoms with Gasteiger partial charge in [-0.05, 0) is 53.6 Å². The van der Waals surface area contributed by atoms with E-state index in [4.69, 9.17) is 0 Å². The molecule has 0 spiro atoms. The maximum absolute atomic E-state index is 13.0. The smallest absolute Gasteiger partial charge is 0.263 e. The van der Waals surface area contributed by atoms with Gasteiger partial charge in [-0.1, -0.05) is 0 Å². The Labute approximate surface area is 158 Å². The lowest BCUT2D eigenvalue weighted by Crippen LogP contribution is -2.25. The second-order valence-electron chi connectivity index (χ2n) is 5.38. The van der Waals surface area contributed by atoms with Gasteiger partial charge in [0.25, 0.3) is 5.91 Å². The molecule has 3 nitrogen and oxygen atoms in total. The van der Waals surface area contributed by atoms with Crippen LogP contribution in [0.4, 0.5) is 4.39 Å². The Hall–Kier alpha value is -1.70. The normalized spacial score (nSPS) is 10.8. The topological polar surface area (TPSA) is 42.0 Å². The number of rotatable bonds is 7. The number of aromatic nitrogens is 1. The van der Waals surface area contributed by atoms with Crippen molar-refractivity contribution in [3.05, 3.63) is 63.0 Å². The molecule has 0 fully saturated rings. The zero-order chi connectivity index (χ0) is 17.6. The molecule has 1 N–H and O–H groups in total. The fourth-order valence-electron chi connectivity index (χ4n) is 2.20. The van der Waals surface area contributed by atoms with Gasteiger partial charge < -0.3 is 5.32 Å². The van der Waals surface area contributed by atoms with Crippen molar-refractivity contribution >= 4 is 40.3 Å². The molecule has 25 heavy (non-hydrogen) atoms. The number of hydrogen-bond acceptors (Lipinski definition) is 5. The van der Waals surface area contributed by atoms with Gasteiger partial charge in [0, 0.05) is 23.6 Å². The van der Waals surface area contributed by atoms with E-state index in [1.165, 1.54) is 29.0 Å². The highest BCUT2D eigenvalue weighted by molar-refractivity contribution is 7.98. The van der Waals surface area contributed by atoms with Crippen LogP contribution in [0.3, 0.4) is 0 Å². The van der Waals surface area contributed by atoms with Crippen LogP contribution < -0.4 is 5.32 Å². The van der Waals surface area contributed by atoms with Gasteiger partial charge in [-0.15, -0.1) is 11.3 Å². The van der Waals surface area contributed by atoms with E-state index in [0.717, 1.165) is 22.1 Å². The molecule has 2 heterocycles. The number of aryl methyl sites for hydroxylation is 1. The van der Waals surface area contributed by atoms with Gasteiger partial charge in [0.15, 0.2) is 0 Å². The minimum atomic E-state index is -0.282. The Kier molecular flexibility index (Phi) is 6.23. The lowest BCUT2D eigenvalue weighted by molar-refractivity contribution is 0.0959. The van der Waals surface area contributed by atoms with Crippen LogP contribution in [-0.2, 0) is 5.75 Å². The van der Waals surface area contributed by atoms with Gasteiger partial charge in [-0.2, -0.15) is 23.1 Å². The predicted octanol–water partition coefficient (Wildman–Crippen LogP) is 4.98. The first kappa shape index (κ1) is 18.1. The number of carbonyl (C=O) groups is 1. The van der Waals surface area contributed by atoms with Crippen molar-refractivity contribution in [1.82, 2.24) is 10.3 Å². The van der Waals surface area contributed by atoms with Crippen molar-refractivity contribution < 1.29 is 9.18 Å². The third-order valence-corrected chi connectivity index (χ3v) is 6.44. The molecule has 0 saturated carbocycles. The summed E-state index contributed by atoms with van der Waals surface area (Å²) in [6.07, 6.45) is 0. The van der Waals surface area contributed by atoms with Gasteiger partial charge in [0.1, 0.15) is 15.7 Å². The molecule has 7 heteroatoms. The Balaban J connectivity index is 1.52. The van der Waals surface area contributed by atoms with Crippen LogP contribution in [0, 0.1) is 12.7 Å². The van der Waals surface area contributed by atoms with Crippen LogP contribution >= 0.6 is 34.4 Å². The third kappa shape index (κ3) is 4.90. The lowest BCUT2D eigenvalue weighted by Gasteiger charge is -2.03. The number of amides is 1. The fraction of sp³-hybridized carbons (Fsp3) is 0.222. The summed E-state index contributed by atoms with van der Waals surface area (Å²) < 4.78 is 13.0. The molecule has 1 amide bonds. The summed E-state index contributed by atoms with van der Waals surface area (Å²) in [6.45, 7) is 2.45. The van der Waals surface area contributed by atoms with Crippen molar-refractivity contribution in [2.75, 3.05) is 12.3 Å². The molecule has 0 aliphatic rings. The molecule has 0 atom stereocenters. The van der Waals surface area contributed by atoms with Gasteiger partial charge >= 0.3 is 0 Å². The van der Waals surface area contributed by atoms with E-state index in [0.29, 0.717) is 17.1 Å². The quantitative estimate of drug-likeness (QED) is 0.577. The molecule has 0 saturated heterocycles. The fourth-order valence-corrected chi connectivity index (χ4v) is 4.77. The number of halogens is 1. The summed E-state index contributed by atoms with van der Waals surface area (Å²) in [4.78, 5) is 17.4. The molecule has 0 aliphatic heterocycles. The first-order valence-corrected chi connectivity index (χ1v) is 10.7. The van der Waals surface area contributed by atoms with E-state index < -0.39 is 0 Å². The molecule has 1 aromatic carbocycles. The monoisotopic (exact) mass is 392 g/mol. The number of hydrogen-bond donors (Lipinski definition) is 1. The highest BCUT2D eigenvalue weighted by Gasteiger charge is 2.15. The maximum Gasteiger partial charge on any atom is 0.263 e. The van der Waals surface area contributed by atoms with Crippen LogP contribution in [0.15, 0.2) is 41.1 Å². The summed E-state index contributed by atoms with van der Waals surface area (Å²) in [5.74, 6) is 1.45. The van der Waals surface area contributed by atoms with E-state index in [9.17, 15) is 9.18 Å². The molecular weight excluding hydrogens is 375 g/mol. The van der Waals surface area contributed by atoms with E-state index in [1.807, 2.05) is 6.92 Å². The molecule has 0 unspecified atom stereocenters. The van der Waals surface area contributed by atoms with Crippen LogP contribution in [0.25, 0.3) is 10.6 Å². The van der Waals surface area contributed by atoms with E-state index >= 15 is 0 Å². The zero-order valence-corrected chi connectivity index (χ0v) is 16.1. The Morgan fingerprint density at radius 2 is 2.08 bits per heavy atom. The van der Waals surface area contributed by atoms with Gasteiger partial charge in [0.05, 0.1) is 5.69 Å². The second-order valence-corrected chi connectivity index (χ2v) is 8.26. The lowest BCUT2D eigenvalue weighted by atomic mass is 10.2. The second kappa shape index (κ2) is 8.60. The number of nitrogens with one attached hydrogen (secondary N) is 1. The van der Waals surface area contributed by atoms with Gasteiger partial charge in [-0.3, -0.25) is 4.79 Å². The van der Waals surface area contributed by atoms with E-state index in [2.05, 4.69) is 27.1 Å². The van der Waals surface area contributed by atoms with Crippen LogP contribution in [0.5, 0.6) is 0 Å². The van der Waals surface area contributed by atoms with Crippen molar-refractivity contribution in [2.45, 2.75) is 12.7 Å². The minimum Gasteiger partial charge on any atom is -0.350 e. The highest BCUT2D eigenvalue weighted by atomic mass is 32.2. The van der Waals surface area contributed by atoms with Gasteiger partial charge in [0.2, 0.25) is 0 Å². The summed E-state index contributed by atoms with van der Waals surface area (Å²) in [5, 5.41) is 7.89. The average Bonchev–Trinajstić information content (AvgIpc) is 3.25. The van der Waals surface area contributed by atoms with E-state index in [1.54, 1.807) is 35.2 Å². The molecular formula is C18H17FN2OS3. The maximum atomic E-state index is 13.0. The molecule has 0 bridgehead atoms. The third-order valence-electron chi connectivity index (χ3n) is 3.47. The standard InChI is InChI=1S/C18H17FN2OS3/c1-12-16(25-18(21-12)14-2-4-15(19)5-3-14)17(22)20-7-9-24-11-13-6-8-23-10-13/h2-6,8,10H,7,9,11H2,1H3,(H,20,22). The van der Waals surface area contributed by atoms with Crippen LogP contribution in [-0.4, -0.2) is 23.2 Å². The number of thioether (sulfide) groups is 1. The Bertz CT molecular complexity index is 829. The first-order valence-electron chi connectivity index (χ1n) is 7.74. The molecule has 3 rings (SSSR count). The molecule has 0 radical (unpaired) electrons. The van der Waals surface area contributed by atoms with Crippen LogP contribution in [0.1, 0.15) is 20.9 Å². The highest BCUT2D eigenvalue weighted by Crippen LogP contribution is 2.28. The number of nitrogens with zero attached hydrogens (tertiary/aromatic N) is 1. The largest absolute Gasteiger partial charge is 0.350 e. The number of benzene rings is 1. The summed E-state index contributed by atoms with van der Waals surface area (Å²) in [5.41, 5.74) is 2.84. The number of carbonyl (C=O) groups excluding carboxylic acids is 1. The van der Waals surface area contributed by atoms with Crippen molar-refractivity contribution in [3.63, 3.8) is 0 Å². The summed E-state index contributed by atoms with van der Waals surface area (Å²) >= 11 is 4.84. The Morgan fingerprint density at radius 3 is 2.80 bits per heavy atom. The molecule has 0 aliphatic carbocycles. The summed E-state index contributed by atoms with van der Waals surface area (Å²) in [7, 11) is 0. The van der Waals surface area contributed by atoms with Crippen LogP contribution in [0.2, 0.25) is 0 Å². The van der Waals surface area contributed by atoms with Gasteiger partial charge in [-0.25, -0.2) is 9.37 Å². The van der Waals surface area contributed by atoms with Crippen molar-refractivity contribution in [2.24, 2.45) is 0 Å². The SMILES string of the molecule is Cc1nc(-c2ccc(F)cc2)sc1C(=O)NCCSCc1ccsc1. The zero-order valence-electron chi connectivity index (χ0n) is 13.6. The molecule has 130 valence electrons. The van der Waals surface area contributed by atoms with E-state index in [-0.39, 0.29) is 11.7 Å².